The number of hydrogen-bond donors (Lipinski definition) is 0. The van der Waals surface area contributed by atoms with Crippen molar-refractivity contribution in [2.24, 2.45) is 23.7 Å². The van der Waals surface area contributed by atoms with Crippen molar-refractivity contribution in [3.8, 4) is 0 Å². The summed E-state index contributed by atoms with van der Waals surface area (Å²) in [4.78, 5) is 12.1. The third-order valence-corrected chi connectivity index (χ3v) is 7.86. The average molecular weight is 407 g/mol. The molecule has 2 aliphatic rings. The quantitative estimate of drug-likeness (QED) is 0.359. The fourth-order valence-electron chi connectivity index (χ4n) is 4.44. The van der Waals surface area contributed by atoms with Gasteiger partial charge < -0.3 is 9.47 Å². The Morgan fingerprint density at radius 2 is 1.00 bits per heavy atom. The summed E-state index contributed by atoms with van der Waals surface area (Å²) >= 11 is 13.0. The van der Waals surface area contributed by atoms with Gasteiger partial charge in [-0.3, -0.25) is 0 Å². The van der Waals surface area contributed by atoms with Gasteiger partial charge in [0.15, 0.2) is 0 Å². The number of ether oxygens (including phenoxy) is 2. The minimum Gasteiger partial charge on any atom is -0.431 e. The lowest BCUT2D eigenvalue weighted by atomic mass is 9.82. The summed E-state index contributed by atoms with van der Waals surface area (Å²) in [6, 6.07) is 0. The zero-order chi connectivity index (χ0) is 19.3. The Morgan fingerprint density at radius 3 is 1.27 bits per heavy atom. The molecule has 2 fully saturated rings. The fraction of sp³-hybridized carbons (Fsp3) is 0.952. The van der Waals surface area contributed by atoms with Crippen LogP contribution >= 0.6 is 23.2 Å². The van der Waals surface area contributed by atoms with Crippen molar-refractivity contribution in [1.82, 2.24) is 0 Å². The lowest BCUT2D eigenvalue weighted by Crippen LogP contribution is -2.33. The van der Waals surface area contributed by atoms with Crippen molar-refractivity contribution in [1.29, 1.82) is 0 Å². The Morgan fingerprint density at radius 1 is 0.692 bits per heavy atom. The summed E-state index contributed by atoms with van der Waals surface area (Å²) in [7, 11) is 0. The molecule has 2 saturated carbocycles. The molecule has 0 aromatic carbocycles. The third-order valence-electron chi connectivity index (χ3n) is 6.14. The smallest absolute Gasteiger partial charge is 0.431 e. The maximum absolute atomic E-state index is 12.1. The number of alkyl halides is 2. The molecule has 0 aromatic rings. The van der Waals surface area contributed by atoms with E-state index in [9.17, 15) is 4.79 Å². The van der Waals surface area contributed by atoms with Gasteiger partial charge in [0.05, 0.1) is 0 Å². The van der Waals surface area contributed by atoms with Crippen molar-refractivity contribution in [3.63, 3.8) is 0 Å². The van der Waals surface area contributed by atoms with Gasteiger partial charge in [-0.25, -0.2) is 4.79 Å². The molecule has 0 saturated heterocycles. The summed E-state index contributed by atoms with van der Waals surface area (Å²) in [6.07, 6.45) is 7.17. The molecule has 26 heavy (non-hydrogen) atoms. The van der Waals surface area contributed by atoms with Gasteiger partial charge in [-0.1, -0.05) is 27.7 Å². The van der Waals surface area contributed by atoms with Crippen molar-refractivity contribution >= 4 is 29.4 Å². The molecule has 2 unspecified atom stereocenters. The highest BCUT2D eigenvalue weighted by molar-refractivity contribution is 6.21. The number of carbonyl (C=O) groups is 1. The van der Waals surface area contributed by atoms with E-state index in [4.69, 9.17) is 32.7 Å². The van der Waals surface area contributed by atoms with Gasteiger partial charge in [-0.15, -0.1) is 23.2 Å². The zero-order valence-electron chi connectivity index (χ0n) is 16.8. The molecule has 5 heteroatoms. The Bertz CT molecular complexity index is 387. The first kappa shape index (κ1) is 22.1. The van der Waals surface area contributed by atoms with Crippen LogP contribution in [0.2, 0.25) is 0 Å². The fourth-order valence-corrected chi connectivity index (χ4v) is 4.94. The van der Waals surface area contributed by atoms with Crippen molar-refractivity contribution in [2.45, 2.75) is 102 Å². The van der Waals surface area contributed by atoms with Crippen LogP contribution in [0, 0.1) is 23.7 Å². The summed E-state index contributed by atoms with van der Waals surface area (Å²) in [5.41, 5.74) is 0. The maximum Gasteiger partial charge on any atom is 0.508 e. The van der Waals surface area contributed by atoms with E-state index in [0.29, 0.717) is 23.7 Å². The van der Waals surface area contributed by atoms with Gasteiger partial charge >= 0.3 is 6.16 Å². The Labute approximate surface area is 169 Å². The van der Waals surface area contributed by atoms with Gasteiger partial charge in [0.2, 0.25) is 0 Å². The summed E-state index contributed by atoms with van der Waals surface area (Å²) < 4.78 is 11.1. The Balaban J connectivity index is 1.66. The maximum atomic E-state index is 12.1. The highest BCUT2D eigenvalue weighted by Gasteiger charge is 2.32. The predicted octanol–water partition coefficient (Wildman–Crippen LogP) is 6.78. The number of halogens is 2. The van der Waals surface area contributed by atoms with Gasteiger partial charge in [0.25, 0.3) is 0 Å². The van der Waals surface area contributed by atoms with E-state index in [1.807, 2.05) is 0 Å². The lowest BCUT2D eigenvalue weighted by Gasteiger charge is -2.34. The van der Waals surface area contributed by atoms with Crippen LogP contribution in [0.4, 0.5) is 4.79 Å². The largest absolute Gasteiger partial charge is 0.508 e. The standard InChI is InChI=1S/C21H36Cl2O3/c1-13(2)19(22)15-5-9-17(10-6-15)25-21(24)26-18-11-7-16(8-12-18)20(23)14(3)4/h13-20H,5-12H2,1-4H3. The molecule has 0 heterocycles. The first-order valence-electron chi connectivity index (χ1n) is 10.4. The molecule has 0 N–H and O–H groups in total. The van der Waals surface area contributed by atoms with Crippen LogP contribution in [-0.4, -0.2) is 29.1 Å². The minimum absolute atomic E-state index is 0.0146. The molecule has 0 aromatic heterocycles. The highest BCUT2D eigenvalue weighted by atomic mass is 35.5. The molecule has 0 bridgehead atoms. The van der Waals surface area contributed by atoms with Crippen LogP contribution in [0.5, 0.6) is 0 Å². The minimum atomic E-state index is -0.491. The molecule has 0 radical (unpaired) electrons. The van der Waals surface area contributed by atoms with Crippen LogP contribution in [0.1, 0.15) is 79.1 Å². The zero-order valence-corrected chi connectivity index (χ0v) is 18.3. The molecular weight excluding hydrogens is 371 g/mol. The normalized spacial score (nSPS) is 32.3. The Kier molecular flexibility index (Phi) is 8.87. The van der Waals surface area contributed by atoms with Gasteiger partial charge in [0, 0.05) is 10.8 Å². The van der Waals surface area contributed by atoms with Crippen LogP contribution < -0.4 is 0 Å². The molecule has 2 atom stereocenters. The van der Waals surface area contributed by atoms with E-state index in [1.54, 1.807) is 0 Å². The van der Waals surface area contributed by atoms with E-state index in [-0.39, 0.29) is 23.0 Å². The van der Waals surface area contributed by atoms with E-state index >= 15 is 0 Å². The number of hydrogen-bond acceptors (Lipinski definition) is 3. The molecule has 152 valence electrons. The molecule has 0 amide bonds. The van der Waals surface area contributed by atoms with Gasteiger partial charge in [-0.05, 0) is 75.0 Å². The number of carbonyl (C=O) groups excluding carboxylic acids is 1. The highest BCUT2D eigenvalue weighted by Crippen LogP contribution is 2.36. The van der Waals surface area contributed by atoms with E-state index in [0.717, 1.165) is 51.4 Å². The van der Waals surface area contributed by atoms with Crippen LogP contribution in [-0.2, 0) is 9.47 Å². The summed E-state index contributed by atoms with van der Waals surface area (Å²) in [5.74, 6) is 2.05. The molecule has 2 aliphatic carbocycles. The average Bonchev–Trinajstić information content (AvgIpc) is 2.61. The number of rotatable bonds is 6. The van der Waals surface area contributed by atoms with Crippen LogP contribution in [0.3, 0.4) is 0 Å². The molecule has 0 spiro atoms. The second-order valence-electron chi connectivity index (χ2n) is 8.94. The third kappa shape index (κ3) is 6.48. The van der Waals surface area contributed by atoms with E-state index < -0.39 is 6.16 Å². The summed E-state index contributed by atoms with van der Waals surface area (Å²) in [5, 5.41) is 0.435. The van der Waals surface area contributed by atoms with E-state index in [1.165, 1.54) is 0 Å². The molecule has 0 aliphatic heterocycles. The molecule has 2 rings (SSSR count). The molecule has 3 nitrogen and oxygen atoms in total. The molecular formula is C21H36Cl2O3. The van der Waals surface area contributed by atoms with Crippen molar-refractivity contribution in [2.75, 3.05) is 0 Å². The van der Waals surface area contributed by atoms with Crippen LogP contribution in [0.15, 0.2) is 0 Å². The van der Waals surface area contributed by atoms with E-state index in [2.05, 4.69) is 27.7 Å². The monoisotopic (exact) mass is 406 g/mol. The van der Waals surface area contributed by atoms with Gasteiger partial charge in [0.1, 0.15) is 12.2 Å². The lowest BCUT2D eigenvalue weighted by molar-refractivity contribution is -0.0267. The SMILES string of the molecule is CC(C)C(Cl)C1CCC(OC(=O)OC2CCC(C(Cl)C(C)C)CC2)CC1. The predicted molar refractivity (Wildman–Crippen MR) is 108 cm³/mol. The first-order valence-corrected chi connectivity index (χ1v) is 11.3. The second-order valence-corrected chi connectivity index (χ2v) is 9.94. The topological polar surface area (TPSA) is 35.5 Å². The Hall–Kier alpha value is -0.150. The second kappa shape index (κ2) is 10.4. The van der Waals surface area contributed by atoms with Gasteiger partial charge in [-0.2, -0.15) is 0 Å². The van der Waals surface area contributed by atoms with Crippen molar-refractivity contribution in [3.05, 3.63) is 0 Å². The van der Waals surface area contributed by atoms with Crippen LogP contribution in [0.25, 0.3) is 0 Å². The first-order chi connectivity index (χ1) is 12.3. The van der Waals surface area contributed by atoms with Crippen molar-refractivity contribution < 1.29 is 14.3 Å². The summed E-state index contributed by atoms with van der Waals surface area (Å²) in [6.45, 7) is 8.67.